The molecule has 0 aliphatic carbocycles. The van der Waals surface area contributed by atoms with Crippen LogP contribution in [0.2, 0.25) is 5.02 Å². The largest absolute Gasteiger partial charge is 0.459 e. The van der Waals surface area contributed by atoms with Gasteiger partial charge in [0.25, 0.3) is 0 Å². The van der Waals surface area contributed by atoms with Crippen molar-refractivity contribution in [1.29, 1.82) is 0 Å². The summed E-state index contributed by atoms with van der Waals surface area (Å²) >= 11 is 5.89. The van der Waals surface area contributed by atoms with Crippen LogP contribution in [0.4, 0.5) is 0 Å². The second-order valence-corrected chi connectivity index (χ2v) is 6.51. The molecule has 2 aromatic rings. The maximum absolute atomic E-state index is 12.1. The Balaban J connectivity index is 1.51. The summed E-state index contributed by atoms with van der Waals surface area (Å²) < 4.78 is 5.79. The number of carbonyl (C=O) groups is 1. The van der Waals surface area contributed by atoms with E-state index in [4.69, 9.17) is 16.0 Å². The second-order valence-electron chi connectivity index (χ2n) is 6.07. The van der Waals surface area contributed by atoms with E-state index in [1.807, 2.05) is 36.4 Å². The monoisotopic (exact) mass is 347 g/mol. The SMILES string of the molecule is C[C@H]1CNCCN1CC(=O)NCc1ccc(-c2ccc(Cl)cc2)o1. The summed E-state index contributed by atoms with van der Waals surface area (Å²) in [7, 11) is 0. The number of furan rings is 1. The first kappa shape index (κ1) is 17.0. The highest BCUT2D eigenvalue weighted by atomic mass is 35.5. The fourth-order valence-electron chi connectivity index (χ4n) is 2.79. The van der Waals surface area contributed by atoms with E-state index in [2.05, 4.69) is 22.5 Å². The Labute approximate surface area is 147 Å². The number of benzene rings is 1. The number of halogens is 1. The zero-order valence-electron chi connectivity index (χ0n) is 13.7. The first-order chi connectivity index (χ1) is 11.6. The van der Waals surface area contributed by atoms with Gasteiger partial charge in [0.1, 0.15) is 11.5 Å². The quantitative estimate of drug-likeness (QED) is 0.872. The zero-order chi connectivity index (χ0) is 16.9. The fourth-order valence-corrected chi connectivity index (χ4v) is 2.91. The molecule has 1 fully saturated rings. The van der Waals surface area contributed by atoms with Gasteiger partial charge >= 0.3 is 0 Å². The molecule has 1 aromatic carbocycles. The number of carbonyl (C=O) groups excluding carboxylic acids is 1. The lowest BCUT2D eigenvalue weighted by atomic mass is 10.2. The standard InChI is InChI=1S/C18H22ClN3O2/c1-13-10-20-8-9-22(13)12-18(23)21-11-16-6-7-17(24-16)14-2-4-15(19)5-3-14/h2-7,13,20H,8-12H2,1H3,(H,21,23)/t13-/m0/s1. The highest BCUT2D eigenvalue weighted by Crippen LogP contribution is 2.23. The molecule has 1 aromatic heterocycles. The summed E-state index contributed by atoms with van der Waals surface area (Å²) in [5.41, 5.74) is 0.964. The van der Waals surface area contributed by atoms with Gasteiger partial charge in [-0.1, -0.05) is 11.6 Å². The number of nitrogens with one attached hydrogen (secondary N) is 2. The van der Waals surface area contributed by atoms with Crippen molar-refractivity contribution in [3.8, 4) is 11.3 Å². The average Bonchev–Trinajstić information content (AvgIpc) is 3.05. The summed E-state index contributed by atoms with van der Waals surface area (Å²) in [5.74, 6) is 1.53. The lowest BCUT2D eigenvalue weighted by Crippen LogP contribution is -2.52. The van der Waals surface area contributed by atoms with Crippen molar-refractivity contribution in [2.45, 2.75) is 19.5 Å². The Morgan fingerprint density at radius 3 is 2.88 bits per heavy atom. The molecule has 0 radical (unpaired) electrons. The molecule has 1 amide bonds. The third-order valence-corrected chi connectivity index (χ3v) is 4.49. The van der Waals surface area contributed by atoms with Gasteiger partial charge < -0.3 is 15.1 Å². The molecule has 1 saturated heterocycles. The predicted octanol–water partition coefficient (Wildman–Crippen LogP) is 2.51. The molecule has 24 heavy (non-hydrogen) atoms. The van der Waals surface area contributed by atoms with Crippen molar-refractivity contribution < 1.29 is 9.21 Å². The smallest absolute Gasteiger partial charge is 0.234 e. The molecular weight excluding hydrogens is 326 g/mol. The molecule has 6 heteroatoms. The third-order valence-electron chi connectivity index (χ3n) is 4.24. The van der Waals surface area contributed by atoms with Gasteiger partial charge in [-0.2, -0.15) is 0 Å². The number of amides is 1. The van der Waals surface area contributed by atoms with Crippen molar-refractivity contribution in [2.75, 3.05) is 26.2 Å². The summed E-state index contributed by atoms with van der Waals surface area (Å²) in [6, 6.07) is 11.7. The first-order valence-electron chi connectivity index (χ1n) is 8.18. The fraction of sp³-hybridized carbons (Fsp3) is 0.389. The molecule has 0 saturated carbocycles. The van der Waals surface area contributed by atoms with Crippen LogP contribution in [0.1, 0.15) is 12.7 Å². The van der Waals surface area contributed by atoms with Crippen LogP contribution in [0.5, 0.6) is 0 Å². The van der Waals surface area contributed by atoms with E-state index in [-0.39, 0.29) is 5.91 Å². The third kappa shape index (κ3) is 4.38. The van der Waals surface area contributed by atoms with Gasteiger partial charge in [-0.3, -0.25) is 9.69 Å². The number of rotatable bonds is 5. The van der Waals surface area contributed by atoms with E-state index in [9.17, 15) is 4.79 Å². The van der Waals surface area contributed by atoms with Crippen LogP contribution in [0.25, 0.3) is 11.3 Å². The average molecular weight is 348 g/mol. The van der Waals surface area contributed by atoms with Crippen molar-refractivity contribution in [2.24, 2.45) is 0 Å². The minimum absolute atomic E-state index is 0.0215. The van der Waals surface area contributed by atoms with E-state index in [0.29, 0.717) is 24.2 Å². The van der Waals surface area contributed by atoms with Gasteiger partial charge in [0.2, 0.25) is 5.91 Å². The van der Waals surface area contributed by atoms with Crippen molar-refractivity contribution in [3.63, 3.8) is 0 Å². The van der Waals surface area contributed by atoms with E-state index in [1.165, 1.54) is 0 Å². The van der Waals surface area contributed by atoms with Gasteiger partial charge in [0, 0.05) is 36.3 Å². The van der Waals surface area contributed by atoms with Crippen LogP contribution in [0.3, 0.4) is 0 Å². The summed E-state index contributed by atoms with van der Waals surface area (Å²) in [6.07, 6.45) is 0. The minimum Gasteiger partial charge on any atom is -0.459 e. The Hall–Kier alpha value is -1.82. The number of hydrogen-bond acceptors (Lipinski definition) is 4. The van der Waals surface area contributed by atoms with E-state index in [1.54, 1.807) is 0 Å². The Bertz CT molecular complexity index is 684. The predicted molar refractivity (Wildman–Crippen MR) is 94.9 cm³/mol. The van der Waals surface area contributed by atoms with Crippen molar-refractivity contribution in [1.82, 2.24) is 15.5 Å². The zero-order valence-corrected chi connectivity index (χ0v) is 14.5. The maximum Gasteiger partial charge on any atom is 0.234 e. The Kier molecular flexibility index (Phi) is 5.56. The molecule has 2 heterocycles. The molecule has 0 unspecified atom stereocenters. The van der Waals surface area contributed by atoms with E-state index >= 15 is 0 Å². The number of nitrogens with zero attached hydrogens (tertiary/aromatic N) is 1. The lowest BCUT2D eigenvalue weighted by Gasteiger charge is -2.33. The molecule has 128 valence electrons. The maximum atomic E-state index is 12.1. The second kappa shape index (κ2) is 7.83. The molecule has 3 rings (SSSR count). The molecule has 2 N–H and O–H groups in total. The molecule has 1 atom stereocenters. The summed E-state index contributed by atoms with van der Waals surface area (Å²) in [6.45, 7) is 5.71. The van der Waals surface area contributed by atoms with Crippen LogP contribution in [0.15, 0.2) is 40.8 Å². The number of hydrogen-bond donors (Lipinski definition) is 2. The first-order valence-corrected chi connectivity index (χ1v) is 8.56. The summed E-state index contributed by atoms with van der Waals surface area (Å²) in [4.78, 5) is 14.3. The van der Waals surface area contributed by atoms with Gasteiger partial charge in [0.15, 0.2) is 0 Å². The summed E-state index contributed by atoms with van der Waals surface area (Å²) in [5, 5.41) is 6.94. The molecular formula is C18H22ClN3O2. The molecule has 1 aliphatic heterocycles. The van der Waals surface area contributed by atoms with Gasteiger partial charge in [-0.25, -0.2) is 0 Å². The highest BCUT2D eigenvalue weighted by Gasteiger charge is 2.20. The van der Waals surface area contributed by atoms with Gasteiger partial charge in [-0.15, -0.1) is 0 Å². The highest BCUT2D eigenvalue weighted by molar-refractivity contribution is 6.30. The van der Waals surface area contributed by atoms with Gasteiger partial charge in [-0.05, 0) is 43.3 Å². The van der Waals surface area contributed by atoms with Crippen LogP contribution in [-0.4, -0.2) is 43.0 Å². The van der Waals surface area contributed by atoms with Crippen LogP contribution in [-0.2, 0) is 11.3 Å². The number of piperazine rings is 1. The molecule has 0 spiro atoms. The lowest BCUT2D eigenvalue weighted by molar-refractivity contribution is -0.123. The molecule has 1 aliphatic rings. The normalized spacial score (nSPS) is 18.5. The Morgan fingerprint density at radius 1 is 1.33 bits per heavy atom. The van der Waals surface area contributed by atoms with E-state index in [0.717, 1.165) is 36.7 Å². The van der Waals surface area contributed by atoms with E-state index < -0.39 is 0 Å². The van der Waals surface area contributed by atoms with Crippen LogP contribution in [0, 0.1) is 0 Å². The molecule has 5 nitrogen and oxygen atoms in total. The van der Waals surface area contributed by atoms with Crippen LogP contribution >= 0.6 is 11.6 Å². The van der Waals surface area contributed by atoms with Crippen molar-refractivity contribution >= 4 is 17.5 Å². The van der Waals surface area contributed by atoms with Gasteiger partial charge in [0.05, 0.1) is 13.1 Å². The Morgan fingerprint density at radius 2 is 2.12 bits per heavy atom. The van der Waals surface area contributed by atoms with Crippen molar-refractivity contribution in [3.05, 3.63) is 47.2 Å². The molecule has 0 bridgehead atoms. The topological polar surface area (TPSA) is 57.5 Å². The van der Waals surface area contributed by atoms with Crippen LogP contribution < -0.4 is 10.6 Å². The minimum atomic E-state index is 0.0215.